The third-order valence-corrected chi connectivity index (χ3v) is 5.79. The lowest BCUT2D eigenvalue weighted by Gasteiger charge is -2.39. The summed E-state index contributed by atoms with van der Waals surface area (Å²) in [7, 11) is 0. The number of nitrogens with zero attached hydrogens (tertiary/aromatic N) is 2. The lowest BCUT2D eigenvalue weighted by Crippen LogP contribution is -2.38. The van der Waals surface area contributed by atoms with Gasteiger partial charge in [-0.25, -0.2) is 0 Å². The van der Waals surface area contributed by atoms with Crippen LogP contribution in [-0.4, -0.2) is 23.1 Å². The highest BCUT2D eigenvalue weighted by Gasteiger charge is 2.32. The highest BCUT2D eigenvalue weighted by atomic mass is 32.1. The van der Waals surface area contributed by atoms with E-state index in [1.54, 1.807) is 6.92 Å². The number of nitro groups is 1. The second kappa shape index (κ2) is 5.69. The van der Waals surface area contributed by atoms with E-state index in [-0.39, 0.29) is 10.6 Å². The first-order valence-corrected chi connectivity index (χ1v) is 7.89. The van der Waals surface area contributed by atoms with Gasteiger partial charge < -0.3 is 10.0 Å². The van der Waals surface area contributed by atoms with E-state index in [1.165, 1.54) is 17.4 Å². The van der Waals surface area contributed by atoms with Crippen LogP contribution in [0.3, 0.4) is 0 Å². The summed E-state index contributed by atoms with van der Waals surface area (Å²) in [6.45, 7) is 7.84. The van der Waals surface area contributed by atoms with E-state index in [0.717, 1.165) is 32.4 Å². The molecule has 6 heteroatoms. The van der Waals surface area contributed by atoms with Crippen LogP contribution in [-0.2, 0) is 0 Å². The predicted molar refractivity (Wildman–Crippen MR) is 81.5 cm³/mol. The third kappa shape index (κ3) is 2.96. The number of piperidine rings is 1. The van der Waals surface area contributed by atoms with Gasteiger partial charge in [0.1, 0.15) is 0 Å². The number of aliphatic hydroxyl groups is 1. The predicted octanol–water partition coefficient (Wildman–Crippen LogP) is 3.73. The highest BCUT2D eigenvalue weighted by molar-refractivity contribution is 7.16. The molecule has 1 atom stereocenters. The first-order valence-electron chi connectivity index (χ1n) is 7.07. The monoisotopic (exact) mass is 298 g/mol. The van der Waals surface area contributed by atoms with Crippen LogP contribution in [0.15, 0.2) is 6.07 Å². The van der Waals surface area contributed by atoms with Gasteiger partial charge in [-0.1, -0.05) is 20.3 Å². The lowest BCUT2D eigenvalue weighted by molar-refractivity contribution is -0.383. The van der Waals surface area contributed by atoms with Crippen LogP contribution >= 0.6 is 11.3 Å². The molecule has 0 spiro atoms. The molecule has 2 heterocycles. The Labute approximate surface area is 123 Å². The Morgan fingerprint density at radius 3 is 2.60 bits per heavy atom. The van der Waals surface area contributed by atoms with E-state index in [1.807, 2.05) is 0 Å². The van der Waals surface area contributed by atoms with E-state index in [0.29, 0.717) is 15.3 Å². The number of anilines is 1. The quantitative estimate of drug-likeness (QED) is 0.679. The number of aliphatic hydroxyl groups excluding tert-OH is 1. The maximum Gasteiger partial charge on any atom is 0.304 e. The van der Waals surface area contributed by atoms with Gasteiger partial charge in [-0.15, -0.1) is 11.3 Å². The first-order chi connectivity index (χ1) is 9.36. The SMILES string of the molecule is CCC1(C)CCN(c2sc([C@@H](C)O)cc2[N+](=O)[O-])CC1. The lowest BCUT2D eigenvalue weighted by atomic mass is 9.78. The Kier molecular flexibility index (Phi) is 4.34. The molecule has 5 nitrogen and oxygen atoms in total. The van der Waals surface area contributed by atoms with Crippen molar-refractivity contribution in [2.24, 2.45) is 5.41 Å². The van der Waals surface area contributed by atoms with Crippen LogP contribution in [0.4, 0.5) is 10.7 Å². The zero-order valence-corrected chi connectivity index (χ0v) is 13.1. The molecule has 1 saturated heterocycles. The van der Waals surface area contributed by atoms with Crippen molar-refractivity contribution >= 4 is 22.0 Å². The molecular formula is C14H22N2O3S. The molecule has 1 aromatic heterocycles. The normalized spacial score (nSPS) is 19.9. The molecule has 1 aliphatic heterocycles. The van der Waals surface area contributed by atoms with E-state index in [9.17, 15) is 15.2 Å². The van der Waals surface area contributed by atoms with E-state index in [2.05, 4.69) is 18.7 Å². The maximum atomic E-state index is 11.2. The fourth-order valence-corrected chi connectivity index (χ4v) is 3.67. The Morgan fingerprint density at radius 1 is 1.55 bits per heavy atom. The molecule has 1 aromatic rings. The summed E-state index contributed by atoms with van der Waals surface area (Å²) in [4.78, 5) is 13.6. The molecular weight excluding hydrogens is 276 g/mol. The van der Waals surface area contributed by atoms with Crippen molar-refractivity contribution in [3.05, 3.63) is 21.1 Å². The Hall–Kier alpha value is -1.14. The molecule has 0 saturated carbocycles. The summed E-state index contributed by atoms with van der Waals surface area (Å²) >= 11 is 1.34. The van der Waals surface area contributed by atoms with E-state index >= 15 is 0 Å². The highest BCUT2D eigenvalue weighted by Crippen LogP contribution is 2.43. The molecule has 112 valence electrons. The minimum Gasteiger partial charge on any atom is -0.388 e. The molecule has 0 aliphatic carbocycles. The molecule has 0 bridgehead atoms. The average Bonchev–Trinajstić information content (AvgIpc) is 2.85. The van der Waals surface area contributed by atoms with Gasteiger partial charge >= 0.3 is 5.69 Å². The van der Waals surface area contributed by atoms with Crippen LogP contribution in [0.25, 0.3) is 0 Å². The van der Waals surface area contributed by atoms with Gasteiger partial charge in [-0.3, -0.25) is 10.1 Å². The van der Waals surface area contributed by atoms with Crippen LogP contribution in [0, 0.1) is 15.5 Å². The van der Waals surface area contributed by atoms with E-state index in [4.69, 9.17) is 0 Å². The number of thiophene rings is 1. The van der Waals surface area contributed by atoms with Gasteiger partial charge in [0.15, 0.2) is 5.00 Å². The van der Waals surface area contributed by atoms with Crippen molar-refractivity contribution in [2.75, 3.05) is 18.0 Å². The summed E-state index contributed by atoms with van der Waals surface area (Å²) < 4.78 is 0. The van der Waals surface area contributed by atoms with Gasteiger partial charge in [0, 0.05) is 24.0 Å². The molecule has 2 rings (SSSR count). The maximum absolute atomic E-state index is 11.2. The summed E-state index contributed by atoms with van der Waals surface area (Å²) in [6, 6.07) is 1.51. The first kappa shape index (κ1) is 15.3. The summed E-state index contributed by atoms with van der Waals surface area (Å²) in [6.07, 6.45) is 2.61. The van der Waals surface area contributed by atoms with Crippen molar-refractivity contribution in [2.45, 2.75) is 46.1 Å². The van der Waals surface area contributed by atoms with E-state index < -0.39 is 6.10 Å². The topological polar surface area (TPSA) is 66.6 Å². The molecule has 20 heavy (non-hydrogen) atoms. The standard InChI is InChI=1S/C14H22N2O3S/c1-4-14(3)5-7-15(8-6-14)13-11(16(18)19)9-12(20-13)10(2)17/h9-10,17H,4-8H2,1-3H3/t10-/m1/s1. The Bertz CT molecular complexity index is 491. The van der Waals surface area contributed by atoms with Crippen molar-refractivity contribution in [3.63, 3.8) is 0 Å². The Morgan fingerprint density at radius 2 is 2.15 bits per heavy atom. The number of hydrogen-bond donors (Lipinski definition) is 1. The summed E-state index contributed by atoms with van der Waals surface area (Å²) in [5, 5.41) is 21.5. The second-order valence-corrected chi connectivity index (χ2v) is 6.99. The molecule has 0 amide bonds. The van der Waals surface area contributed by atoms with Crippen LogP contribution < -0.4 is 4.90 Å². The van der Waals surface area contributed by atoms with Crippen molar-refractivity contribution in [1.29, 1.82) is 0 Å². The molecule has 1 N–H and O–H groups in total. The van der Waals surface area contributed by atoms with Gasteiger partial charge in [0.25, 0.3) is 0 Å². The summed E-state index contributed by atoms with van der Waals surface area (Å²) in [5.74, 6) is 0. The zero-order valence-electron chi connectivity index (χ0n) is 12.3. The van der Waals surface area contributed by atoms with Gasteiger partial charge in [0.05, 0.1) is 11.0 Å². The van der Waals surface area contributed by atoms with Crippen molar-refractivity contribution in [1.82, 2.24) is 0 Å². The number of hydrogen-bond acceptors (Lipinski definition) is 5. The van der Waals surface area contributed by atoms with Crippen molar-refractivity contribution < 1.29 is 10.0 Å². The van der Waals surface area contributed by atoms with Crippen LogP contribution in [0.2, 0.25) is 0 Å². The smallest absolute Gasteiger partial charge is 0.304 e. The molecule has 0 unspecified atom stereocenters. The third-order valence-electron chi connectivity index (χ3n) is 4.43. The fraction of sp³-hybridized carbons (Fsp3) is 0.714. The second-order valence-electron chi connectivity index (χ2n) is 5.92. The molecule has 1 fully saturated rings. The zero-order chi connectivity index (χ0) is 14.9. The van der Waals surface area contributed by atoms with Gasteiger partial charge in [0.2, 0.25) is 0 Å². The van der Waals surface area contributed by atoms with Crippen LogP contribution in [0.5, 0.6) is 0 Å². The molecule has 1 aliphatic rings. The summed E-state index contributed by atoms with van der Waals surface area (Å²) in [5.41, 5.74) is 0.487. The van der Waals surface area contributed by atoms with Crippen molar-refractivity contribution in [3.8, 4) is 0 Å². The minimum absolute atomic E-state index is 0.131. The van der Waals surface area contributed by atoms with Crippen LogP contribution in [0.1, 0.15) is 51.0 Å². The Balaban J connectivity index is 2.23. The molecule has 0 radical (unpaired) electrons. The fourth-order valence-electron chi connectivity index (χ4n) is 2.56. The largest absolute Gasteiger partial charge is 0.388 e. The molecule has 0 aromatic carbocycles. The van der Waals surface area contributed by atoms with Gasteiger partial charge in [-0.05, 0) is 25.2 Å². The minimum atomic E-state index is -0.654. The van der Waals surface area contributed by atoms with Gasteiger partial charge in [-0.2, -0.15) is 0 Å². The number of rotatable bonds is 4. The average molecular weight is 298 g/mol.